The Morgan fingerprint density at radius 1 is 1.07 bits per heavy atom. The van der Waals surface area contributed by atoms with Gasteiger partial charge >= 0.3 is 6.03 Å². The van der Waals surface area contributed by atoms with E-state index in [1.165, 1.54) is 16.7 Å². The molecule has 0 bridgehead atoms. The molecule has 1 unspecified atom stereocenters. The standard InChI is InChI=1S/C23H29N3O2/c1-16-12-17(2)21(18(3)13-16)14-24-23(28)26-11-7-8-19(15-26)22(27)25-20-9-5-4-6-10-20/h4-6,9-10,12-13,19H,7-8,11,14-15H2,1-3H3,(H,24,28)(H,25,27). The number of anilines is 1. The highest BCUT2D eigenvalue weighted by molar-refractivity contribution is 5.93. The molecular weight excluding hydrogens is 350 g/mol. The van der Waals surface area contributed by atoms with Gasteiger partial charge in [-0.3, -0.25) is 4.79 Å². The smallest absolute Gasteiger partial charge is 0.317 e. The van der Waals surface area contributed by atoms with E-state index < -0.39 is 0 Å². The van der Waals surface area contributed by atoms with Gasteiger partial charge in [0.2, 0.25) is 5.91 Å². The maximum absolute atomic E-state index is 12.7. The summed E-state index contributed by atoms with van der Waals surface area (Å²) in [4.78, 5) is 27.0. The first-order chi connectivity index (χ1) is 13.4. The van der Waals surface area contributed by atoms with Gasteiger partial charge in [-0.1, -0.05) is 35.9 Å². The van der Waals surface area contributed by atoms with Crippen LogP contribution in [0.25, 0.3) is 0 Å². The van der Waals surface area contributed by atoms with Gasteiger partial charge in [0.05, 0.1) is 5.92 Å². The van der Waals surface area contributed by atoms with Gasteiger partial charge in [0.15, 0.2) is 0 Å². The molecule has 28 heavy (non-hydrogen) atoms. The van der Waals surface area contributed by atoms with Crippen LogP contribution in [-0.2, 0) is 11.3 Å². The van der Waals surface area contributed by atoms with Crippen molar-refractivity contribution in [3.05, 3.63) is 64.7 Å². The molecule has 0 spiro atoms. The lowest BCUT2D eigenvalue weighted by Gasteiger charge is -2.32. The summed E-state index contributed by atoms with van der Waals surface area (Å²) in [6, 6.07) is 13.6. The van der Waals surface area contributed by atoms with Crippen LogP contribution in [0.3, 0.4) is 0 Å². The highest BCUT2D eigenvalue weighted by Gasteiger charge is 2.28. The summed E-state index contributed by atoms with van der Waals surface area (Å²) in [6.45, 7) is 7.88. The number of carbonyl (C=O) groups excluding carboxylic acids is 2. The lowest BCUT2D eigenvalue weighted by molar-refractivity contribution is -0.121. The normalized spacial score (nSPS) is 16.5. The van der Waals surface area contributed by atoms with Gasteiger partial charge in [-0.2, -0.15) is 0 Å². The molecule has 1 atom stereocenters. The molecule has 3 rings (SSSR count). The molecule has 1 heterocycles. The first-order valence-corrected chi connectivity index (χ1v) is 9.89. The average molecular weight is 380 g/mol. The minimum Gasteiger partial charge on any atom is -0.334 e. The molecule has 2 N–H and O–H groups in total. The molecule has 0 aliphatic carbocycles. The number of urea groups is 1. The Kier molecular flexibility index (Phi) is 6.34. The van der Waals surface area contributed by atoms with Crippen molar-refractivity contribution in [2.45, 2.75) is 40.2 Å². The second-order valence-electron chi connectivity index (χ2n) is 7.68. The van der Waals surface area contributed by atoms with E-state index in [1.54, 1.807) is 4.90 Å². The van der Waals surface area contributed by atoms with Crippen LogP contribution in [0.1, 0.15) is 35.1 Å². The van der Waals surface area contributed by atoms with Crippen molar-refractivity contribution in [3.63, 3.8) is 0 Å². The van der Waals surface area contributed by atoms with Crippen molar-refractivity contribution in [1.29, 1.82) is 0 Å². The molecule has 1 aliphatic rings. The maximum Gasteiger partial charge on any atom is 0.317 e. The first kappa shape index (κ1) is 19.9. The van der Waals surface area contributed by atoms with Crippen molar-refractivity contribution in [1.82, 2.24) is 10.2 Å². The minimum absolute atomic E-state index is 0.0195. The largest absolute Gasteiger partial charge is 0.334 e. The van der Waals surface area contributed by atoms with Gasteiger partial charge in [-0.25, -0.2) is 4.79 Å². The fourth-order valence-corrected chi connectivity index (χ4v) is 3.91. The number of amides is 3. The zero-order valence-electron chi connectivity index (χ0n) is 16.9. The number of likely N-dealkylation sites (tertiary alicyclic amines) is 1. The summed E-state index contributed by atoms with van der Waals surface area (Å²) < 4.78 is 0. The summed E-state index contributed by atoms with van der Waals surface area (Å²) >= 11 is 0. The second kappa shape index (κ2) is 8.91. The Bertz CT molecular complexity index is 825. The highest BCUT2D eigenvalue weighted by atomic mass is 16.2. The van der Waals surface area contributed by atoms with Crippen LogP contribution in [0.5, 0.6) is 0 Å². The van der Waals surface area contributed by atoms with Crippen molar-refractivity contribution < 1.29 is 9.59 Å². The van der Waals surface area contributed by atoms with E-state index in [1.807, 2.05) is 30.3 Å². The molecule has 148 valence electrons. The molecule has 1 aliphatic heterocycles. The van der Waals surface area contributed by atoms with Gasteiger partial charge in [-0.15, -0.1) is 0 Å². The molecule has 5 nitrogen and oxygen atoms in total. The van der Waals surface area contributed by atoms with Crippen LogP contribution >= 0.6 is 0 Å². The van der Waals surface area contributed by atoms with Crippen molar-refractivity contribution in [2.24, 2.45) is 5.92 Å². The van der Waals surface area contributed by atoms with Gasteiger partial charge < -0.3 is 15.5 Å². The zero-order chi connectivity index (χ0) is 20.1. The van der Waals surface area contributed by atoms with E-state index in [4.69, 9.17) is 0 Å². The molecule has 3 amide bonds. The quantitative estimate of drug-likeness (QED) is 0.837. The molecule has 1 saturated heterocycles. The number of carbonyl (C=O) groups is 2. The van der Waals surface area contributed by atoms with E-state index in [0.717, 1.165) is 24.1 Å². The van der Waals surface area contributed by atoms with E-state index in [9.17, 15) is 9.59 Å². The van der Waals surface area contributed by atoms with Crippen LogP contribution in [0.2, 0.25) is 0 Å². The number of nitrogens with zero attached hydrogens (tertiary/aromatic N) is 1. The lowest BCUT2D eigenvalue weighted by Crippen LogP contribution is -2.47. The van der Waals surface area contributed by atoms with Gasteiger partial charge in [0, 0.05) is 25.3 Å². The third-order valence-electron chi connectivity index (χ3n) is 5.38. The molecule has 0 aromatic heterocycles. The number of nitrogens with one attached hydrogen (secondary N) is 2. The molecule has 1 fully saturated rings. The van der Waals surface area contributed by atoms with E-state index in [0.29, 0.717) is 19.6 Å². The Balaban J connectivity index is 1.56. The number of hydrogen-bond donors (Lipinski definition) is 2. The van der Waals surface area contributed by atoms with Crippen molar-refractivity contribution in [3.8, 4) is 0 Å². The molecule has 5 heteroatoms. The Morgan fingerprint density at radius 2 is 1.75 bits per heavy atom. The highest BCUT2D eigenvalue weighted by Crippen LogP contribution is 2.20. The summed E-state index contributed by atoms with van der Waals surface area (Å²) in [5.41, 5.74) is 5.57. The predicted octanol–water partition coefficient (Wildman–Crippen LogP) is 4.17. The predicted molar refractivity (Wildman–Crippen MR) is 112 cm³/mol. The van der Waals surface area contributed by atoms with Crippen LogP contribution < -0.4 is 10.6 Å². The average Bonchev–Trinajstić information content (AvgIpc) is 2.68. The Labute approximate surface area is 167 Å². The molecule has 2 aromatic rings. The number of aryl methyl sites for hydroxylation is 3. The van der Waals surface area contributed by atoms with Crippen molar-refractivity contribution >= 4 is 17.6 Å². The van der Waals surface area contributed by atoms with Crippen LogP contribution in [0.4, 0.5) is 10.5 Å². The summed E-state index contributed by atoms with van der Waals surface area (Å²) in [5.74, 6) is -0.198. The fourth-order valence-electron chi connectivity index (χ4n) is 3.91. The number of para-hydroxylation sites is 1. The third kappa shape index (κ3) is 4.91. The SMILES string of the molecule is Cc1cc(C)c(CNC(=O)N2CCCC(C(=O)Nc3ccccc3)C2)c(C)c1. The number of benzene rings is 2. The number of hydrogen-bond acceptors (Lipinski definition) is 2. The van der Waals surface area contributed by atoms with Crippen LogP contribution in [-0.4, -0.2) is 29.9 Å². The first-order valence-electron chi connectivity index (χ1n) is 9.89. The molecule has 2 aromatic carbocycles. The lowest BCUT2D eigenvalue weighted by atomic mass is 9.97. The molecular formula is C23H29N3O2. The summed E-state index contributed by atoms with van der Waals surface area (Å²) in [7, 11) is 0. The Hall–Kier alpha value is -2.82. The molecule has 0 saturated carbocycles. The Morgan fingerprint density at radius 3 is 2.43 bits per heavy atom. The van der Waals surface area contributed by atoms with Crippen molar-refractivity contribution in [2.75, 3.05) is 18.4 Å². The van der Waals surface area contributed by atoms with Gasteiger partial charge in [0.1, 0.15) is 0 Å². The van der Waals surface area contributed by atoms with Crippen LogP contribution in [0, 0.1) is 26.7 Å². The molecule has 0 radical (unpaired) electrons. The van der Waals surface area contributed by atoms with E-state index >= 15 is 0 Å². The van der Waals surface area contributed by atoms with Gasteiger partial charge in [-0.05, 0) is 62.4 Å². The van der Waals surface area contributed by atoms with Gasteiger partial charge in [0.25, 0.3) is 0 Å². The van der Waals surface area contributed by atoms with Crippen LogP contribution in [0.15, 0.2) is 42.5 Å². The second-order valence-corrected chi connectivity index (χ2v) is 7.68. The zero-order valence-corrected chi connectivity index (χ0v) is 16.9. The number of piperidine rings is 1. The summed E-state index contributed by atoms with van der Waals surface area (Å²) in [6.07, 6.45) is 1.64. The summed E-state index contributed by atoms with van der Waals surface area (Å²) in [5, 5.41) is 5.99. The minimum atomic E-state index is -0.178. The third-order valence-corrected chi connectivity index (χ3v) is 5.38. The topological polar surface area (TPSA) is 61.4 Å². The fraction of sp³-hybridized carbons (Fsp3) is 0.391. The van der Waals surface area contributed by atoms with E-state index in [-0.39, 0.29) is 17.9 Å². The maximum atomic E-state index is 12.7. The van der Waals surface area contributed by atoms with E-state index in [2.05, 4.69) is 43.5 Å². The monoisotopic (exact) mass is 379 g/mol. The number of rotatable bonds is 4.